The van der Waals surface area contributed by atoms with Crippen LogP contribution in [0.1, 0.15) is 6.92 Å². The van der Waals surface area contributed by atoms with Crippen molar-refractivity contribution in [3.05, 3.63) is 66.8 Å². The van der Waals surface area contributed by atoms with Crippen molar-refractivity contribution in [2.75, 3.05) is 5.32 Å². The van der Waals surface area contributed by atoms with Crippen molar-refractivity contribution < 1.29 is 13.6 Å². The Labute approximate surface area is 153 Å². The normalized spacial score (nSPS) is 10.9. The minimum absolute atomic E-state index is 0.102. The molecule has 2 N–H and O–H groups in total. The van der Waals surface area contributed by atoms with E-state index in [9.17, 15) is 13.6 Å². The lowest BCUT2D eigenvalue weighted by Gasteiger charge is -2.08. The number of carbonyl (C=O) groups excluding carboxylic acids is 1. The molecule has 0 fully saturated rings. The van der Waals surface area contributed by atoms with Crippen molar-refractivity contribution in [3.63, 3.8) is 0 Å². The van der Waals surface area contributed by atoms with Crippen LogP contribution in [0.15, 0.2) is 55.0 Å². The summed E-state index contributed by atoms with van der Waals surface area (Å²) in [5, 5.41) is 3.26. The second-order valence-electron chi connectivity index (χ2n) is 6.07. The summed E-state index contributed by atoms with van der Waals surface area (Å²) in [7, 11) is 0. The number of anilines is 1. The Hall–Kier alpha value is -3.61. The molecule has 0 aliphatic heterocycles. The molecule has 0 saturated carbocycles. The maximum atomic E-state index is 13.9. The van der Waals surface area contributed by atoms with E-state index in [-0.39, 0.29) is 11.6 Å². The Morgan fingerprint density at radius 1 is 1.04 bits per heavy atom. The molecule has 5 nitrogen and oxygen atoms in total. The van der Waals surface area contributed by atoms with Gasteiger partial charge in [0.05, 0.1) is 5.69 Å². The maximum Gasteiger partial charge on any atom is 0.221 e. The lowest BCUT2D eigenvalue weighted by Crippen LogP contribution is -2.07. The average Bonchev–Trinajstić information content (AvgIpc) is 3.06. The number of amides is 1. The Kier molecular flexibility index (Phi) is 4.12. The number of carbonyl (C=O) groups is 1. The fraction of sp³-hybridized carbons (Fsp3) is 0.0500. The fourth-order valence-electron chi connectivity index (χ4n) is 2.96. The molecular weight excluding hydrogens is 350 g/mol. The van der Waals surface area contributed by atoms with E-state index in [1.165, 1.54) is 25.3 Å². The third-order valence-corrected chi connectivity index (χ3v) is 4.18. The third-order valence-electron chi connectivity index (χ3n) is 4.18. The van der Waals surface area contributed by atoms with Gasteiger partial charge in [-0.2, -0.15) is 4.39 Å². The first-order valence-electron chi connectivity index (χ1n) is 8.18. The monoisotopic (exact) mass is 364 g/mol. The molecule has 4 rings (SSSR count). The van der Waals surface area contributed by atoms with Crippen molar-refractivity contribution in [3.8, 4) is 22.3 Å². The molecule has 0 spiro atoms. The molecule has 27 heavy (non-hydrogen) atoms. The quantitative estimate of drug-likeness (QED) is 0.525. The molecule has 1 amide bonds. The van der Waals surface area contributed by atoms with Crippen LogP contribution in [0.2, 0.25) is 0 Å². The molecule has 0 aliphatic rings. The number of aromatic nitrogens is 3. The smallest absolute Gasteiger partial charge is 0.221 e. The summed E-state index contributed by atoms with van der Waals surface area (Å²) in [6.07, 6.45) is 4.81. The molecule has 0 saturated heterocycles. The number of H-pyrrole nitrogens is 1. The fourth-order valence-corrected chi connectivity index (χ4v) is 2.96. The predicted molar refractivity (Wildman–Crippen MR) is 99.0 cm³/mol. The van der Waals surface area contributed by atoms with E-state index in [0.717, 1.165) is 16.5 Å². The van der Waals surface area contributed by atoms with Crippen LogP contribution in [0.4, 0.5) is 14.5 Å². The summed E-state index contributed by atoms with van der Waals surface area (Å²) >= 11 is 0. The maximum absolute atomic E-state index is 13.9. The van der Waals surface area contributed by atoms with Gasteiger partial charge in [-0.15, -0.1) is 0 Å². The highest BCUT2D eigenvalue weighted by molar-refractivity contribution is 5.96. The summed E-state index contributed by atoms with van der Waals surface area (Å²) in [6.45, 7) is 1.32. The molecule has 0 unspecified atom stereocenters. The second kappa shape index (κ2) is 6.60. The van der Waals surface area contributed by atoms with Gasteiger partial charge in [0.15, 0.2) is 0 Å². The number of halogens is 2. The number of nitrogens with zero attached hydrogens (tertiary/aromatic N) is 2. The molecule has 3 aromatic heterocycles. The SMILES string of the molecule is CC(=O)Nc1cc(-c2cnc3[nH]cc(-c4ccnc(F)c4)c3c2)ccc1F. The number of nitrogens with one attached hydrogen (secondary N) is 2. The van der Waals surface area contributed by atoms with E-state index < -0.39 is 11.8 Å². The number of fused-ring (bicyclic) bond motifs is 1. The van der Waals surface area contributed by atoms with Crippen LogP contribution >= 0.6 is 0 Å². The molecular formula is C20H14F2N4O. The lowest BCUT2D eigenvalue weighted by molar-refractivity contribution is -0.114. The topological polar surface area (TPSA) is 70.7 Å². The molecule has 1 aromatic carbocycles. The molecule has 134 valence electrons. The second-order valence-corrected chi connectivity index (χ2v) is 6.07. The van der Waals surface area contributed by atoms with Gasteiger partial charge in [-0.25, -0.2) is 14.4 Å². The highest BCUT2D eigenvalue weighted by atomic mass is 19.1. The van der Waals surface area contributed by atoms with E-state index in [4.69, 9.17) is 0 Å². The van der Waals surface area contributed by atoms with Crippen LogP contribution < -0.4 is 5.32 Å². The van der Waals surface area contributed by atoms with Crippen molar-refractivity contribution >= 4 is 22.6 Å². The zero-order chi connectivity index (χ0) is 19.0. The number of hydrogen-bond donors (Lipinski definition) is 2. The zero-order valence-corrected chi connectivity index (χ0v) is 14.3. The third kappa shape index (κ3) is 3.27. The van der Waals surface area contributed by atoms with E-state index in [1.807, 2.05) is 6.07 Å². The van der Waals surface area contributed by atoms with E-state index in [1.54, 1.807) is 30.6 Å². The number of rotatable bonds is 3. The van der Waals surface area contributed by atoms with Crippen molar-refractivity contribution in [1.29, 1.82) is 0 Å². The van der Waals surface area contributed by atoms with Gasteiger partial charge in [-0.3, -0.25) is 4.79 Å². The summed E-state index contributed by atoms with van der Waals surface area (Å²) in [6, 6.07) is 9.41. The van der Waals surface area contributed by atoms with Crippen molar-refractivity contribution in [1.82, 2.24) is 15.0 Å². The van der Waals surface area contributed by atoms with Gasteiger partial charge in [-0.05, 0) is 35.4 Å². The van der Waals surface area contributed by atoms with Crippen LogP contribution in [-0.2, 0) is 4.79 Å². The Bertz CT molecular complexity index is 1170. The van der Waals surface area contributed by atoms with Crippen LogP contribution in [0.5, 0.6) is 0 Å². The van der Waals surface area contributed by atoms with E-state index in [2.05, 4.69) is 20.3 Å². The Morgan fingerprint density at radius 3 is 2.67 bits per heavy atom. The molecule has 0 radical (unpaired) electrons. The minimum Gasteiger partial charge on any atom is -0.346 e. The number of benzene rings is 1. The summed E-state index contributed by atoms with van der Waals surface area (Å²) < 4.78 is 27.4. The Morgan fingerprint density at radius 2 is 1.89 bits per heavy atom. The molecule has 7 heteroatoms. The van der Waals surface area contributed by atoms with Gasteiger partial charge >= 0.3 is 0 Å². The van der Waals surface area contributed by atoms with Gasteiger partial charge in [0, 0.05) is 48.1 Å². The molecule has 0 bridgehead atoms. The van der Waals surface area contributed by atoms with E-state index in [0.29, 0.717) is 16.8 Å². The van der Waals surface area contributed by atoms with Gasteiger partial charge in [0.25, 0.3) is 0 Å². The van der Waals surface area contributed by atoms with Crippen LogP contribution in [-0.4, -0.2) is 20.9 Å². The zero-order valence-electron chi connectivity index (χ0n) is 14.3. The largest absolute Gasteiger partial charge is 0.346 e. The molecule has 0 atom stereocenters. The molecule has 3 heterocycles. The van der Waals surface area contributed by atoms with Gasteiger partial charge < -0.3 is 10.3 Å². The average molecular weight is 364 g/mol. The summed E-state index contributed by atoms with van der Waals surface area (Å²) in [4.78, 5) is 22.3. The van der Waals surface area contributed by atoms with Crippen LogP contribution in [0, 0.1) is 11.8 Å². The van der Waals surface area contributed by atoms with Crippen molar-refractivity contribution in [2.24, 2.45) is 0 Å². The first-order chi connectivity index (χ1) is 13.0. The standard InChI is InChI=1S/C20H14F2N4O/c1-11(27)26-18-7-12(2-3-17(18)21)14-6-15-16(10-25-20(15)24-9-14)13-4-5-23-19(22)8-13/h2-10H,1H3,(H,24,25)(H,26,27). The number of hydrogen-bond acceptors (Lipinski definition) is 3. The van der Waals surface area contributed by atoms with Gasteiger partial charge in [-0.1, -0.05) is 6.07 Å². The first-order valence-corrected chi connectivity index (χ1v) is 8.18. The van der Waals surface area contributed by atoms with E-state index >= 15 is 0 Å². The minimum atomic E-state index is -0.565. The highest BCUT2D eigenvalue weighted by Gasteiger charge is 2.12. The Balaban J connectivity index is 1.82. The predicted octanol–water partition coefficient (Wildman–Crippen LogP) is 4.53. The van der Waals surface area contributed by atoms with Gasteiger partial charge in [0.2, 0.25) is 11.9 Å². The molecule has 4 aromatic rings. The summed E-state index contributed by atoms with van der Waals surface area (Å²) in [5.74, 6) is -1.44. The summed E-state index contributed by atoms with van der Waals surface area (Å²) in [5.41, 5.74) is 3.64. The van der Waals surface area contributed by atoms with Crippen LogP contribution in [0.3, 0.4) is 0 Å². The molecule has 0 aliphatic carbocycles. The first kappa shape index (κ1) is 16.8. The van der Waals surface area contributed by atoms with Crippen molar-refractivity contribution in [2.45, 2.75) is 6.92 Å². The van der Waals surface area contributed by atoms with Gasteiger partial charge in [0.1, 0.15) is 11.5 Å². The lowest BCUT2D eigenvalue weighted by atomic mass is 10.0. The number of pyridine rings is 2. The highest BCUT2D eigenvalue weighted by Crippen LogP contribution is 2.32. The number of aromatic amines is 1. The van der Waals surface area contributed by atoms with Crippen LogP contribution in [0.25, 0.3) is 33.3 Å².